The van der Waals surface area contributed by atoms with Crippen LogP contribution in [0.3, 0.4) is 0 Å². The maximum absolute atomic E-state index is 11.5. The highest BCUT2D eigenvalue weighted by Crippen LogP contribution is 2.22. The van der Waals surface area contributed by atoms with Crippen molar-refractivity contribution in [3.63, 3.8) is 0 Å². The predicted octanol–water partition coefficient (Wildman–Crippen LogP) is 2.75. The summed E-state index contributed by atoms with van der Waals surface area (Å²) >= 11 is 0. The smallest absolute Gasteiger partial charge is 0.211 e. The minimum absolute atomic E-state index is 0. The number of hydrogen-bond donors (Lipinski definition) is 4. The first-order chi connectivity index (χ1) is 19.8. The Morgan fingerprint density at radius 2 is 0.978 bits per heavy atom. The number of likely N-dealkylation sites (N-methyl/N-ethyl adjacent to an activating group) is 2. The van der Waals surface area contributed by atoms with Gasteiger partial charge in [-0.05, 0) is 114 Å². The Labute approximate surface area is 280 Å². The molecule has 4 aromatic rings. The van der Waals surface area contributed by atoms with E-state index in [2.05, 4.69) is 69.5 Å². The Morgan fingerprint density at radius 3 is 1.29 bits per heavy atom. The van der Waals surface area contributed by atoms with Crippen molar-refractivity contribution in [3.8, 4) is 0 Å². The molecule has 0 bridgehead atoms. The first kappa shape index (κ1) is 42.8. The van der Waals surface area contributed by atoms with Gasteiger partial charge in [-0.25, -0.2) is 26.3 Å². The lowest BCUT2D eigenvalue weighted by atomic mass is 10.1. The van der Waals surface area contributed by atoms with Crippen LogP contribution in [0, 0.1) is 0 Å². The molecule has 6 N–H and O–H groups in total. The van der Waals surface area contributed by atoms with Gasteiger partial charge in [-0.3, -0.25) is 0 Å². The highest BCUT2D eigenvalue weighted by atomic mass is 35.5. The highest BCUT2D eigenvalue weighted by molar-refractivity contribution is 7.89. The molecule has 0 aliphatic heterocycles. The summed E-state index contributed by atoms with van der Waals surface area (Å²) in [6.45, 7) is 1.98. The van der Waals surface area contributed by atoms with Crippen LogP contribution in [0.15, 0.2) is 48.8 Å². The molecule has 0 amide bonds. The van der Waals surface area contributed by atoms with Gasteiger partial charge in [0.1, 0.15) is 0 Å². The van der Waals surface area contributed by atoms with Gasteiger partial charge in [0.25, 0.3) is 0 Å². The maximum Gasteiger partial charge on any atom is 0.211 e. The summed E-state index contributed by atoms with van der Waals surface area (Å²) in [5, 5.41) is 2.38. The summed E-state index contributed by atoms with van der Waals surface area (Å²) in [6, 6.07) is 12.2. The number of rotatable bonds is 14. The van der Waals surface area contributed by atoms with Crippen molar-refractivity contribution in [2.75, 3.05) is 66.9 Å². The van der Waals surface area contributed by atoms with E-state index >= 15 is 0 Å². The molecule has 2 aromatic carbocycles. The van der Waals surface area contributed by atoms with E-state index in [0.717, 1.165) is 48.1 Å². The summed E-state index contributed by atoms with van der Waals surface area (Å²) in [4.78, 5) is 10.9. The summed E-state index contributed by atoms with van der Waals surface area (Å²) in [5.74, 6) is 0.235. The van der Waals surface area contributed by atoms with Gasteiger partial charge in [-0.1, -0.05) is 12.1 Å². The Kier molecular flexibility index (Phi) is 18.5. The third-order valence-corrected chi connectivity index (χ3v) is 9.99. The first-order valence-electron chi connectivity index (χ1n) is 14.1. The molecule has 0 radical (unpaired) electrons. The van der Waals surface area contributed by atoms with Crippen LogP contribution in [0.1, 0.15) is 22.3 Å². The number of H-pyrrole nitrogens is 2. The zero-order valence-corrected chi connectivity index (χ0v) is 30.2. The van der Waals surface area contributed by atoms with E-state index in [4.69, 9.17) is 0 Å². The van der Waals surface area contributed by atoms with Gasteiger partial charge in [0.2, 0.25) is 20.0 Å². The van der Waals surface area contributed by atoms with Crippen LogP contribution in [0.4, 0.5) is 0 Å². The molecule has 0 saturated carbocycles. The first-order valence-corrected chi connectivity index (χ1v) is 17.4. The lowest BCUT2D eigenvalue weighted by Crippen LogP contribution is -2.23. The quantitative estimate of drug-likeness (QED) is 0.158. The molecular weight excluding hydrogens is 659 g/mol. The molecule has 0 saturated heterocycles. The number of aromatic nitrogens is 2. The monoisotopic (exact) mass is 708 g/mol. The molecule has 45 heavy (non-hydrogen) atoms. The number of hydrogen-bond acceptors (Lipinski definition) is 6. The SMILES string of the molecule is CNS(=O)(=O)CCc1ccc2[nH]cc(CCN(C)C)c2c1.CNS(=O)(=O)CCc1ccc2[nH]cc(CCN(C)C)c2c1.Cl.Cl.O. The predicted molar refractivity (Wildman–Crippen MR) is 192 cm³/mol. The fourth-order valence-corrected chi connectivity index (χ4v) is 5.99. The molecule has 15 heteroatoms. The van der Waals surface area contributed by atoms with Gasteiger partial charge in [0.15, 0.2) is 0 Å². The normalized spacial score (nSPS) is 11.6. The van der Waals surface area contributed by atoms with Gasteiger partial charge in [-0.2, -0.15) is 0 Å². The Bertz CT molecular complexity index is 1550. The molecule has 0 aliphatic rings. The third kappa shape index (κ3) is 13.6. The molecule has 0 aliphatic carbocycles. The molecule has 0 atom stereocenters. The number of nitrogens with one attached hydrogen (secondary N) is 4. The number of fused-ring (bicyclic) bond motifs is 2. The average molecular weight is 710 g/mol. The number of aromatic amines is 2. The molecule has 256 valence electrons. The second kappa shape index (κ2) is 19.5. The second-order valence-electron chi connectivity index (χ2n) is 11.0. The minimum Gasteiger partial charge on any atom is -0.412 e. The molecule has 2 heterocycles. The molecule has 4 rings (SSSR count). The summed E-state index contributed by atoms with van der Waals surface area (Å²) in [7, 11) is 4.82. The van der Waals surface area contributed by atoms with Gasteiger partial charge in [0.05, 0.1) is 11.5 Å². The van der Waals surface area contributed by atoms with Crippen molar-refractivity contribution in [3.05, 3.63) is 71.0 Å². The van der Waals surface area contributed by atoms with E-state index in [9.17, 15) is 16.8 Å². The maximum atomic E-state index is 11.5. The Hall–Kier alpha value is -2.20. The van der Waals surface area contributed by atoms with E-state index < -0.39 is 20.0 Å². The summed E-state index contributed by atoms with van der Waals surface area (Å²) in [5.41, 5.74) is 6.85. The standard InChI is InChI=1S/2C15H23N3O2S.2ClH.H2O/c2*1-16-21(19,20)9-7-12-4-5-15-14(10-12)13(11-17-15)6-8-18(2)3;;;/h2*4-5,10-11,16-17H,6-9H2,1-3H3;2*1H;1H2. The largest absolute Gasteiger partial charge is 0.412 e. The van der Waals surface area contributed by atoms with Crippen LogP contribution in [-0.2, 0) is 45.7 Å². The Morgan fingerprint density at radius 1 is 0.622 bits per heavy atom. The molecule has 0 spiro atoms. The van der Waals surface area contributed by atoms with Crippen LogP contribution in [-0.4, -0.2) is 109 Å². The fourth-order valence-electron chi connectivity index (χ4n) is 4.57. The lowest BCUT2D eigenvalue weighted by Gasteiger charge is -2.08. The number of sulfonamides is 2. The lowest BCUT2D eigenvalue weighted by molar-refractivity contribution is 0.414. The van der Waals surface area contributed by atoms with E-state index in [0.29, 0.717) is 12.8 Å². The van der Waals surface area contributed by atoms with Crippen molar-refractivity contribution < 1.29 is 22.3 Å². The van der Waals surface area contributed by atoms with Crippen LogP contribution in [0.2, 0.25) is 0 Å². The van der Waals surface area contributed by atoms with Crippen molar-refractivity contribution in [1.29, 1.82) is 0 Å². The molecule has 0 fully saturated rings. The molecule has 11 nitrogen and oxygen atoms in total. The van der Waals surface area contributed by atoms with Crippen molar-refractivity contribution in [2.24, 2.45) is 0 Å². The fraction of sp³-hybridized carbons (Fsp3) is 0.467. The zero-order chi connectivity index (χ0) is 30.9. The topological polar surface area (TPSA) is 162 Å². The van der Waals surface area contributed by atoms with Crippen LogP contribution in [0.5, 0.6) is 0 Å². The van der Waals surface area contributed by atoms with Gasteiger partial charge >= 0.3 is 0 Å². The van der Waals surface area contributed by atoms with Crippen molar-refractivity contribution >= 4 is 66.7 Å². The molecule has 0 unspecified atom stereocenters. The summed E-state index contributed by atoms with van der Waals surface area (Å²) < 4.78 is 50.7. The van der Waals surface area contributed by atoms with Gasteiger partial charge in [-0.15, -0.1) is 24.8 Å². The number of aryl methyl sites for hydroxylation is 2. The second-order valence-corrected chi connectivity index (χ2v) is 15.1. The molecule has 2 aromatic heterocycles. The zero-order valence-electron chi connectivity index (χ0n) is 26.9. The van der Waals surface area contributed by atoms with Crippen LogP contribution in [0.25, 0.3) is 21.8 Å². The van der Waals surface area contributed by atoms with Crippen molar-refractivity contribution in [2.45, 2.75) is 25.7 Å². The third-order valence-electron chi connectivity index (χ3n) is 7.26. The van der Waals surface area contributed by atoms with E-state index in [-0.39, 0.29) is 41.8 Å². The minimum atomic E-state index is -3.15. The number of nitrogens with zero attached hydrogens (tertiary/aromatic N) is 2. The van der Waals surface area contributed by atoms with E-state index in [1.54, 1.807) is 0 Å². The number of benzene rings is 2. The number of halogens is 2. The summed E-state index contributed by atoms with van der Waals surface area (Å²) in [6.07, 6.45) is 7.09. The van der Waals surface area contributed by atoms with E-state index in [1.165, 1.54) is 36.0 Å². The average Bonchev–Trinajstić information content (AvgIpc) is 3.56. The Balaban J connectivity index is 0.000000807. The van der Waals surface area contributed by atoms with E-state index in [1.807, 2.05) is 36.7 Å². The van der Waals surface area contributed by atoms with Crippen LogP contribution >= 0.6 is 24.8 Å². The van der Waals surface area contributed by atoms with Gasteiger partial charge < -0.3 is 25.2 Å². The molecular formula is C30H50Cl2N6O5S2. The highest BCUT2D eigenvalue weighted by Gasteiger charge is 2.11. The van der Waals surface area contributed by atoms with Crippen LogP contribution < -0.4 is 9.44 Å². The van der Waals surface area contributed by atoms with Crippen molar-refractivity contribution in [1.82, 2.24) is 29.2 Å². The van der Waals surface area contributed by atoms with Gasteiger partial charge in [0, 0.05) is 47.3 Å².